The molecule has 1 unspecified atom stereocenters. The number of carbonyl (C=O) groups is 1. The van der Waals surface area contributed by atoms with Crippen LogP contribution in [0.15, 0.2) is 42.5 Å². The van der Waals surface area contributed by atoms with Crippen LogP contribution in [0.4, 0.5) is 5.82 Å². The van der Waals surface area contributed by atoms with E-state index in [0.717, 1.165) is 11.3 Å². The molecule has 0 aliphatic carbocycles. The van der Waals surface area contributed by atoms with Crippen LogP contribution < -0.4 is 5.32 Å². The van der Waals surface area contributed by atoms with Crippen LogP contribution in [0.3, 0.4) is 0 Å². The fraction of sp³-hybridized carbons (Fsp3) is 0.200. The average molecular weight is 256 g/mol. The fourth-order valence-corrected chi connectivity index (χ4v) is 1.89. The summed E-state index contributed by atoms with van der Waals surface area (Å²) < 4.78 is 0. The summed E-state index contributed by atoms with van der Waals surface area (Å²) in [6.45, 7) is 3.79. The van der Waals surface area contributed by atoms with E-state index in [4.69, 9.17) is 0 Å². The van der Waals surface area contributed by atoms with Crippen molar-refractivity contribution in [2.45, 2.75) is 20.0 Å². The Labute approximate surface area is 112 Å². The fourth-order valence-electron chi connectivity index (χ4n) is 1.89. The van der Waals surface area contributed by atoms with Gasteiger partial charge in [-0.1, -0.05) is 30.3 Å². The number of nitrogens with zero attached hydrogens (tertiary/aromatic N) is 1. The predicted octanol–water partition coefficient (Wildman–Crippen LogP) is 2.37. The minimum Gasteiger partial charge on any atom is -0.378 e. The first-order valence-electron chi connectivity index (χ1n) is 6.05. The molecule has 0 fully saturated rings. The van der Waals surface area contributed by atoms with Gasteiger partial charge in [0.05, 0.1) is 0 Å². The summed E-state index contributed by atoms with van der Waals surface area (Å²) in [6.07, 6.45) is -1.19. The number of carbonyl (C=O) groups excluding carboxylic acids is 1. The molecule has 0 radical (unpaired) electrons. The molecule has 1 aromatic heterocycles. The summed E-state index contributed by atoms with van der Waals surface area (Å²) in [6, 6.07) is 12.5. The van der Waals surface area contributed by atoms with Gasteiger partial charge in [-0.15, -0.1) is 0 Å². The first-order valence-corrected chi connectivity index (χ1v) is 6.05. The lowest BCUT2D eigenvalue weighted by Crippen LogP contribution is -2.21. The van der Waals surface area contributed by atoms with Crippen LogP contribution in [-0.4, -0.2) is 16.0 Å². The topological polar surface area (TPSA) is 62.2 Å². The Morgan fingerprint density at radius 1 is 1.21 bits per heavy atom. The van der Waals surface area contributed by atoms with Gasteiger partial charge >= 0.3 is 0 Å². The van der Waals surface area contributed by atoms with E-state index in [1.807, 2.05) is 26.0 Å². The number of benzene rings is 1. The van der Waals surface area contributed by atoms with Crippen LogP contribution in [0.5, 0.6) is 0 Å². The summed E-state index contributed by atoms with van der Waals surface area (Å²) in [7, 11) is 0. The molecule has 1 atom stereocenters. The van der Waals surface area contributed by atoms with E-state index in [1.165, 1.54) is 0 Å². The predicted molar refractivity (Wildman–Crippen MR) is 73.7 cm³/mol. The van der Waals surface area contributed by atoms with Gasteiger partial charge in [0, 0.05) is 5.69 Å². The van der Waals surface area contributed by atoms with E-state index in [2.05, 4.69) is 10.3 Å². The molecule has 1 heterocycles. The number of aliphatic hydroxyl groups excluding tert-OH is 1. The number of hydrogen-bond acceptors (Lipinski definition) is 3. The highest BCUT2D eigenvalue weighted by molar-refractivity contribution is 5.93. The molecule has 0 saturated heterocycles. The van der Waals surface area contributed by atoms with Crippen LogP contribution in [0.25, 0.3) is 0 Å². The molecule has 2 rings (SSSR count). The molecule has 1 amide bonds. The summed E-state index contributed by atoms with van der Waals surface area (Å²) in [4.78, 5) is 16.1. The number of hydrogen-bond donors (Lipinski definition) is 2. The Kier molecular flexibility index (Phi) is 3.92. The SMILES string of the molecule is Cc1cc(C)nc(NC(=O)C(O)c2ccccc2)c1. The number of nitrogens with one attached hydrogen (secondary N) is 1. The lowest BCUT2D eigenvalue weighted by atomic mass is 10.1. The molecule has 2 N–H and O–H groups in total. The van der Waals surface area contributed by atoms with Crippen molar-refractivity contribution >= 4 is 11.7 Å². The molecular formula is C15H16N2O2. The zero-order valence-corrected chi connectivity index (χ0v) is 10.9. The summed E-state index contributed by atoms with van der Waals surface area (Å²) in [5, 5.41) is 12.6. The van der Waals surface area contributed by atoms with E-state index in [9.17, 15) is 9.90 Å². The second-order valence-electron chi connectivity index (χ2n) is 4.47. The lowest BCUT2D eigenvalue weighted by Gasteiger charge is -2.11. The van der Waals surface area contributed by atoms with Crippen LogP contribution in [-0.2, 0) is 4.79 Å². The van der Waals surface area contributed by atoms with Crippen molar-refractivity contribution in [1.29, 1.82) is 0 Å². The summed E-state index contributed by atoms with van der Waals surface area (Å²) >= 11 is 0. The van der Waals surface area contributed by atoms with Crippen molar-refractivity contribution in [3.63, 3.8) is 0 Å². The molecule has 0 aliphatic heterocycles. The molecule has 98 valence electrons. The van der Waals surface area contributed by atoms with Crippen molar-refractivity contribution in [2.75, 3.05) is 5.32 Å². The van der Waals surface area contributed by atoms with E-state index in [1.54, 1.807) is 30.3 Å². The van der Waals surface area contributed by atoms with Gasteiger partial charge in [0.25, 0.3) is 5.91 Å². The normalized spacial score (nSPS) is 11.9. The Morgan fingerprint density at radius 3 is 2.53 bits per heavy atom. The summed E-state index contributed by atoms with van der Waals surface area (Å²) in [5.41, 5.74) is 2.39. The molecule has 0 aliphatic rings. The Balaban J connectivity index is 2.13. The van der Waals surface area contributed by atoms with Gasteiger partial charge in [-0.3, -0.25) is 4.79 Å². The van der Waals surface area contributed by atoms with Gasteiger partial charge in [0.1, 0.15) is 5.82 Å². The van der Waals surface area contributed by atoms with Gasteiger partial charge in [-0.2, -0.15) is 0 Å². The third-order valence-electron chi connectivity index (χ3n) is 2.71. The smallest absolute Gasteiger partial charge is 0.258 e. The lowest BCUT2D eigenvalue weighted by molar-refractivity contribution is -0.124. The van der Waals surface area contributed by atoms with E-state index < -0.39 is 12.0 Å². The van der Waals surface area contributed by atoms with E-state index in [-0.39, 0.29) is 0 Å². The highest BCUT2D eigenvalue weighted by atomic mass is 16.3. The quantitative estimate of drug-likeness (QED) is 0.886. The van der Waals surface area contributed by atoms with Crippen molar-refractivity contribution in [2.24, 2.45) is 0 Å². The Bertz CT molecular complexity index is 562. The standard InChI is InChI=1S/C15H16N2O2/c1-10-8-11(2)16-13(9-10)17-15(19)14(18)12-6-4-3-5-7-12/h3-9,14,18H,1-2H3,(H,16,17,19). The number of aromatic nitrogens is 1. The number of rotatable bonds is 3. The maximum absolute atomic E-state index is 11.9. The third kappa shape index (κ3) is 3.39. The second kappa shape index (κ2) is 5.63. The number of aryl methyl sites for hydroxylation is 2. The first kappa shape index (κ1) is 13.2. The largest absolute Gasteiger partial charge is 0.378 e. The molecule has 0 spiro atoms. The highest BCUT2D eigenvalue weighted by Gasteiger charge is 2.17. The van der Waals surface area contributed by atoms with E-state index >= 15 is 0 Å². The maximum Gasteiger partial charge on any atom is 0.258 e. The number of amides is 1. The molecule has 0 bridgehead atoms. The van der Waals surface area contributed by atoms with Crippen molar-refractivity contribution in [1.82, 2.24) is 4.98 Å². The minimum atomic E-state index is -1.19. The molecule has 2 aromatic rings. The molecule has 19 heavy (non-hydrogen) atoms. The van der Waals surface area contributed by atoms with Gasteiger partial charge in [0.2, 0.25) is 0 Å². The number of pyridine rings is 1. The van der Waals surface area contributed by atoms with Crippen LogP contribution in [0, 0.1) is 13.8 Å². The number of anilines is 1. The second-order valence-corrected chi connectivity index (χ2v) is 4.47. The average Bonchev–Trinajstić information content (AvgIpc) is 2.37. The number of aliphatic hydroxyl groups is 1. The van der Waals surface area contributed by atoms with E-state index in [0.29, 0.717) is 11.4 Å². The zero-order chi connectivity index (χ0) is 13.8. The van der Waals surface area contributed by atoms with Crippen molar-refractivity contribution < 1.29 is 9.90 Å². The summed E-state index contributed by atoms with van der Waals surface area (Å²) in [5.74, 6) is -0.0267. The zero-order valence-electron chi connectivity index (χ0n) is 10.9. The first-order chi connectivity index (χ1) is 9.06. The molecule has 4 heteroatoms. The molecule has 0 saturated carbocycles. The maximum atomic E-state index is 11.9. The van der Waals surface area contributed by atoms with Crippen LogP contribution >= 0.6 is 0 Å². The molecular weight excluding hydrogens is 240 g/mol. The van der Waals surface area contributed by atoms with Gasteiger partial charge < -0.3 is 10.4 Å². The molecule has 1 aromatic carbocycles. The van der Waals surface area contributed by atoms with Crippen LogP contribution in [0.2, 0.25) is 0 Å². The van der Waals surface area contributed by atoms with Gasteiger partial charge in [-0.05, 0) is 37.1 Å². The minimum absolute atomic E-state index is 0.456. The van der Waals surface area contributed by atoms with Gasteiger partial charge in [0.15, 0.2) is 6.10 Å². The van der Waals surface area contributed by atoms with Crippen LogP contribution in [0.1, 0.15) is 22.9 Å². The van der Waals surface area contributed by atoms with Gasteiger partial charge in [-0.25, -0.2) is 4.98 Å². The molecule has 4 nitrogen and oxygen atoms in total. The van der Waals surface area contributed by atoms with Crippen molar-refractivity contribution in [3.05, 3.63) is 59.3 Å². The monoisotopic (exact) mass is 256 g/mol. The highest BCUT2D eigenvalue weighted by Crippen LogP contribution is 2.15. The Morgan fingerprint density at radius 2 is 1.89 bits per heavy atom. The third-order valence-corrected chi connectivity index (χ3v) is 2.71. The Hall–Kier alpha value is -2.20. The van der Waals surface area contributed by atoms with Crippen molar-refractivity contribution in [3.8, 4) is 0 Å².